The monoisotopic (exact) mass is 174 g/mol. The van der Waals surface area contributed by atoms with Crippen LogP contribution in [0.4, 0.5) is 0 Å². The molecule has 0 aliphatic carbocycles. The van der Waals surface area contributed by atoms with Gasteiger partial charge in [0.1, 0.15) is 0 Å². The maximum atomic E-state index is 2.59. The second kappa shape index (κ2) is 3.68. The van der Waals surface area contributed by atoms with Crippen molar-refractivity contribution in [3.8, 4) is 9.42 Å². The Balaban J connectivity index is 2.83. The molecule has 0 heterocycles. The van der Waals surface area contributed by atoms with Crippen molar-refractivity contribution in [2.75, 3.05) is 0 Å². The molecule has 4 radical (unpaired) electrons. The molecule has 0 unspecified atom stereocenters. The van der Waals surface area contributed by atoms with Crippen molar-refractivity contribution in [1.29, 1.82) is 0 Å². The first kappa shape index (κ1) is 4.68. The molecule has 0 saturated heterocycles. The molecule has 2 heteroatoms. The van der Waals surface area contributed by atoms with Gasteiger partial charge in [-0.05, 0) is 0 Å². The van der Waals surface area contributed by atoms with Gasteiger partial charge < -0.3 is 0 Å². The van der Waals surface area contributed by atoms with Gasteiger partial charge in [-0.3, -0.25) is 0 Å². The summed E-state index contributed by atoms with van der Waals surface area (Å²) >= 11 is 4.32. The first-order valence-corrected chi connectivity index (χ1v) is 2.57. The van der Waals surface area contributed by atoms with Crippen LogP contribution in [0.15, 0.2) is 0 Å². The molecule has 4 heavy (non-hydrogen) atoms. The van der Waals surface area contributed by atoms with Crippen LogP contribution in [-0.4, -0.2) is 33.7 Å². The van der Waals surface area contributed by atoms with Crippen LogP contribution in [0.5, 0.6) is 0 Å². The van der Waals surface area contributed by atoms with Crippen molar-refractivity contribution in [1.82, 2.24) is 0 Å². The molecule has 0 fully saturated rings. The molecule has 0 aliphatic heterocycles. The fourth-order valence-electron chi connectivity index (χ4n) is 0. The van der Waals surface area contributed by atoms with E-state index in [1.807, 2.05) is 0 Å². The Hall–Kier alpha value is 0.677. The van der Waals surface area contributed by atoms with Gasteiger partial charge in [-0.25, -0.2) is 0 Å². The van der Waals surface area contributed by atoms with E-state index in [2.05, 4.69) is 43.1 Å². The summed E-state index contributed by atoms with van der Waals surface area (Å²) in [5.41, 5.74) is 0. The fourth-order valence-corrected chi connectivity index (χ4v) is 0. The average molecular weight is 174 g/mol. The molecule has 0 saturated carbocycles. The van der Waals surface area contributed by atoms with Crippen molar-refractivity contribution in [3.63, 3.8) is 0 Å². The van der Waals surface area contributed by atoms with Gasteiger partial charge in [0, 0.05) is 0 Å². The molecule has 0 aliphatic rings. The maximum absolute atomic E-state index is 2.59. The van der Waals surface area contributed by atoms with E-state index >= 15 is 0 Å². The third-order valence-electron chi connectivity index (χ3n) is 0.0500. The Bertz CT molecular complexity index is 40.8. The molecule has 0 bridgehead atoms. The second-order valence-corrected chi connectivity index (χ2v) is 1.16. The van der Waals surface area contributed by atoms with Crippen LogP contribution in [0.3, 0.4) is 0 Å². The Kier molecular flexibility index (Phi) is 4.30. The summed E-state index contributed by atoms with van der Waals surface area (Å²) < 4.78 is 5.18. The molecule has 0 aromatic heterocycles. The predicted octanol–water partition coefficient (Wildman–Crippen LogP) is -0.758. The van der Waals surface area contributed by atoms with E-state index < -0.39 is 0 Å². The van der Waals surface area contributed by atoms with Gasteiger partial charge in [0.2, 0.25) is 0 Å². The van der Waals surface area contributed by atoms with Gasteiger partial charge in [-0.2, -0.15) is 0 Å². The van der Waals surface area contributed by atoms with Crippen molar-refractivity contribution in [2.45, 2.75) is 0 Å². The quantitative estimate of drug-likeness (QED) is 0.334. The van der Waals surface area contributed by atoms with Gasteiger partial charge in [0.05, 0.1) is 0 Å². The first-order chi connectivity index (χ1) is 1.91. The molecule has 0 spiro atoms. The zero-order valence-electron chi connectivity index (χ0n) is 1.89. The summed E-state index contributed by atoms with van der Waals surface area (Å²) in [7, 11) is 0. The van der Waals surface area contributed by atoms with Crippen LogP contribution >= 0.6 is 0 Å². The first-order valence-electron chi connectivity index (χ1n) is 0.697. The van der Waals surface area contributed by atoms with Crippen LogP contribution in [0.25, 0.3) is 0 Å². The van der Waals surface area contributed by atoms with Crippen molar-refractivity contribution in [3.05, 3.63) is 0 Å². The molecule has 0 amide bonds. The van der Waals surface area contributed by atoms with E-state index in [-0.39, 0.29) is 0 Å². The van der Waals surface area contributed by atoms with E-state index in [9.17, 15) is 0 Å². The van der Waals surface area contributed by atoms with Gasteiger partial charge in [0.15, 0.2) is 0 Å². The summed E-state index contributed by atoms with van der Waals surface area (Å²) in [6, 6.07) is 0. The molecule has 0 aromatic rings. The number of hydrogen-bond acceptors (Lipinski definition) is 0. The van der Waals surface area contributed by atoms with Crippen LogP contribution in [0.1, 0.15) is 0 Å². The van der Waals surface area contributed by atoms with Crippen LogP contribution in [0, 0.1) is 9.42 Å². The molecule has 0 N–H and O–H groups in total. The summed E-state index contributed by atoms with van der Waals surface area (Å²) in [4.78, 5) is 0. The zero-order valence-corrected chi connectivity index (χ0v) is 5.65. The normalized spacial score (nSPS) is 3.50. The van der Waals surface area contributed by atoms with Gasteiger partial charge in [-0.15, -0.1) is 0 Å². The van der Waals surface area contributed by atoms with Gasteiger partial charge in [0.25, 0.3) is 0 Å². The number of rotatable bonds is 0. The topological polar surface area (TPSA) is 0 Å². The second-order valence-electron chi connectivity index (χ2n) is 0.224. The molecule has 0 rings (SSSR count). The van der Waals surface area contributed by atoms with E-state index in [1.54, 1.807) is 0 Å². The third kappa shape index (κ3) is 2.68. The molecular formula is C2As2. The SMILES string of the molecule is [As]C#C[As]. The molecule has 0 atom stereocenters. The third-order valence-corrected chi connectivity index (χ3v) is 1.35. The average Bonchev–Trinajstić information content (AvgIpc) is 1.37. The molecular weight excluding hydrogens is 174 g/mol. The van der Waals surface area contributed by atoms with Gasteiger partial charge >= 0.3 is 43.1 Å². The fraction of sp³-hybridized carbons (Fsp3) is 0. The van der Waals surface area contributed by atoms with Crippen molar-refractivity contribution < 1.29 is 0 Å². The Morgan fingerprint density at radius 1 is 1.00 bits per heavy atom. The van der Waals surface area contributed by atoms with Crippen molar-refractivity contribution in [2.24, 2.45) is 0 Å². The predicted molar refractivity (Wildman–Crippen MR) is 19.3 cm³/mol. The Morgan fingerprint density at radius 3 is 1.25 bits per heavy atom. The van der Waals surface area contributed by atoms with E-state index in [0.717, 1.165) is 0 Å². The standard InChI is InChI=1S/C2As2/c3-1-2-4. The van der Waals surface area contributed by atoms with E-state index in [0.29, 0.717) is 0 Å². The Morgan fingerprint density at radius 2 is 1.25 bits per heavy atom. The summed E-state index contributed by atoms with van der Waals surface area (Å²) in [5.74, 6) is 0. The molecule has 0 nitrogen and oxygen atoms in total. The van der Waals surface area contributed by atoms with Gasteiger partial charge in [-0.1, -0.05) is 0 Å². The summed E-state index contributed by atoms with van der Waals surface area (Å²) in [6.07, 6.45) is 0. The van der Waals surface area contributed by atoms with Crippen LogP contribution in [0.2, 0.25) is 0 Å². The van der Waals surface area contributed by atoms with Crippen LogP contribution in [-0.2, 0) is 0 Å². The van der Waals surface area contributed by atoms with Crippen molar-refractivity contribution >= 4 is 33.7 Å². The zero-order chi connectivity index (χ0) is 3.41. The molecule has 18 valence electrons. The summed E-state index contributed by atoms with van der Waals surface area (Å²) in [5, 5.41) is 0. The minimum absolute atomic E-state index is 2.16. The number of hydrogen-bond donors (Lipinski definition) is 0. The summed E-state index contributed by atoms with van der Waals surface area (Å²) in [6.45, 7) is 0. The molecule has 0 aromatic carbocycles. The van der Waals surface area contributed by atoms with Crippen LogP contribution < -0.4 is 0 Å². The minimum atomic E-state index is 2.16. The van der Waals surface area contributed by atoms with E-state index in [4.69, 9.17) is 0 Å². The Labute approximate surface area is 43.3 Å². The van der Waals surface area contributed by atoms with E-state index in [1.165, 1.54) is 0 Å².